The van der Waals surface area contributed by atoms with Crippen LogP contribution in [0.2, 0.25) is 0 Å². The number of nitrogens with two attached hydrogens (primary N) is 1. The second kappa shape index (κ2) is 6.42. The number of carbonyl (C=O) groups is 1. The summed E-state index contributed by atoms with van der Waals surface area (Å²) < 4.78 is 6.93. The van der Waals surface area contributed by atoms with Crippen molar-refractivity contribution in [1.82, 2.24) is 14.9 Å². The number of nitrogens with zero attached hydrogens (tertiary/aromatic N) is 3. The van der Waals surface area contributed by atoms with Gasteiger partial charge in [-0.3, -0.25) is 4.79 Å². The summed E-state index contributed by atoms with van der Waals surface area (Å²) in [4.78, 5) is 11.5. The molecule has 0 unspecified atom stereocenters. The van der Waals surface area contributed by atoms with E-state index in [0.29, 0.717) is 23.1 Å². The summed E-state index contributed by atoms with van der Waals surface area (Å²) in [5.41, 5.74) is 1.60. The molecule has 0 radical (unpaired) electrons. The molecular formula is C13H16N4O2S. The predicted octanol–water partition coefficient (Wildman–Crippen LogP) is 1.89. The fourth-order valence-electron chi connectivity index (χ4n) is 1.69. The van der Waals surface area contributed by atoms with E-state index in [1.165, 1.54) is 22.8 Å². The van der Waals surface area contributed by atoms with Crippen LogP contribution in [0.25, 0.3) is 0 Å². The molecule has 2 rings (SSSR count). The fourth-order valence-corrected chi connectivity index (χ4v) is 2.50. The summed E-state index contributed by atoms with van der Waals surface area (Å²) in [7, 11) is 0. The molecule has 0 spiro atoms. The summed E-state index contributed by atoms with van der Waals surface area (Å²) in [6, 6.07) is 5.44. The maximum atomic E-state index is 11.5. The van der Waals surface area contributed by atoms with E-state index in [1.54, 1.807) is 13.0 Å². The minimum absolute atomic E-state index is 0.0290. The highest BCUT2D eigenvalue weighted by Crippen LogP contribution is 2.27. The Labute approximate surface area is 121 Å². The zero-order chi connectivity index (χ0) is 14.5. The van der Waals surface area contributed by atoms with Gasteiger partial charge in [0.1, 0.15) is 12.1 Å². The second-order valence-corrected chi connectivity index (χ2v) is 5.06. The maximum absolute atomic E-state index is 11.5. The Kier molecular flexibility index (Phi) is 4.62. The molecule has 0 saturated carbocycles. The molecule has 2 N–H and O–H groups in total. The van der Waals surface area contributed by atoms with E-state index >= 15 is 0 Å². The molecule has 0 aliphatic carbocycles. The van der Waals surface area contributed by atoms with Gasteiger partial charge in [-0.25, -0.2) is 4.68 Å². The first-order valence-electron chi connectivity index (χ1n) is 6.16. The number of ether oxygens (including phenoxy) is 1. The lowest BCUT2D eigenvalue weighted by Crippen LogP contribution is -2.07. The zero-order valence-electron chi connectivity index (χ0n) is 11.4. The summed E-state index contributed by atoms with van der Waals surface area (Å²) >= 11 is 1.44. The van der Waals surface area contributed by atoms with Crippen LogP contribution in [0.3, 0.4) is 0 Å². The Balaban J connectivity index is 2.21. The summed E-state index contributed by atoms with van der Waals surface area (Å²) in [5, 5.41) is 8.24. The number of hydrogen-bond donors (Lipinski definition) is 1. The predicted molar refractivity (Wildman–Crippen MR) is 77.3 cm³/mol. The van der Waals surface area contributed by atoms with E-state index in [9.17, 15) is 4.79 Å². The molecule has 2 aromatic rings. The van der Waals surface area contributed by atoms with Crippen molar-refractivity contribution < 1.29 is 9.53 Å². The van der Waals surface area contributed by atoms with E-state index in [-0.39, 0.29) is 5.78 Å². The van der Waals surface area contributed by atoms with Crippen LogP contribution in [0.1, 0.15) is 29.8 Å². The highest BCUT2D eigenvalue weighted by Gasteiger charge is 2.10. The lowest BCUT2D eigenvalue weighted by atomic mass is 10.1. The third-order valence-electron chi connectivity index (χ3n) is 2.66. The molecule has 0 aliphatic rings. The molecule has 1 heterocycles. The van der Waals surface area contributed by atoms with Crippen LogP contribution in [0.5, 0.6) is 5.75 Å². The minimum Gasteiger partial charge on any atom is -0.494 e. The van der Waals surface area contributed by atoms with Gasteiger partial charge >= 0.3 is 0 Å². The number of benzene rings is 1. The summed E-state index contributed by atoms with van der Waals surface area (Å²) in [6.07, 6.45) is 1.44. The topological polar surface area (TPSA) is 83.0 Å². The van der Waals surface area contributed by atoms with Gasteiger partial charge in [-0.15, -0.1) is 10.2 Å². The molecule has 0 amide bonds. The van der Waals surface area contributed by atoms with Crippen LogP contribution in [-0.2, 0) is 5.75 Å². The van der Waals surface area contributed by atoms with Crippen LogP contribution in [0.4, 0.5) is 0 Å². The van der Waals surface area contributed by atoms with Crippen molar-refractivity contribution in [3.63, 3.8) is 0 Å². The molecule has 0 fully saturated rings. The number of hydrogen-bond acceptors (Lipinski definition) is 6. The molecule has 0 bridgehead atoms. The first kappa shape index (κ1) is 14.4. The average molecular weight is 292 g/mol. The molecule has 1 aromatic heterocycles. The number of carbonyl (C=O) groups excluding carboxylic acids is 1. The van der Waals surface area contributed by atoms with Gasteiger partial charge in [-0.2, -0.15) is 0 Å². The Hall–Kier alpha value is -2.02. The average Bonchev–Trinajstić information content (AvgIpc) is 2.83. The highest BCUT2D eigenvalue weighted by molar-refractivity contribution is 7.98. The van der Waals surface area contributed by atoms with E-state index in [0.717, 1.165) is 11.3 Å². The van der Waals surface area contributed by atoms with Gasteiger partial charge in [0.05, 0.1) is 6.61 Å². The first-order valence-corrected chi connectivity index (χ1v) is 7.15. The molecule has 1 aromatic carbocycles. The molecule has 20 heavy (non-hydrogen) atoms. The van der Waals surface area contributed by atoms with Gasteiger partial charge in [-0.1, -0.05) is 11.8 Å². The first-order chi connectivity index (χ1) is 9.61. The van der Waals surface area contributed by atoms with Crippen molar-refractivity contribution >= 4 is 17.5 Å². The van der Waals surface area contributed by atoms with Crippen molar-refractivity contribution in [3.8, 4) is 5.75 Å². The standard InChI is InChI=1S/C13H16N4O2S/c1-3-19-12-5-4-10(9(2)18)6-11(12)7-20-13-16-15-8-17(13)14/h4-6,8H,3,7,14H2,1-2H3. The number of Topliss-reactive ketones (excluding diaryl/α,β-unsaturated/α-hetero) is 1. The van der Waals surface area contributed by atoms with Gasteiger partial charge in [0.25, 0.3) is 0 Å². The Morgan fingerprint density at radius 2 is 2.30 bits per heavy atom. The van der Waals surface area contributed by atoms with Crippen LogP contribution in [0.15, 0.2) is 29.7 Å². The third kappa shape index (κ3) is 3.30. The van der Waals surface area contributed by atoms with Crippen molar-refractivity contribution in [1.29, 1.82) is 0 Å². The second-order valence-electron chi connectivity index (χ2n) is 4.12. The van der Waals surface area contributed by atoms with Gasteiger partial charge in [0.15, 0.2) is 5.78 Å². The van der Waals surface area contributed by atoms with Crippen molar-refractivity contribution in [2.75, 3.05) is 12.4 Å². The Bertz CT molecular complexity index is 612. The van der Waals surface area contributed by atoms with Gasteiger partial charge in [0.2, 0.25) is 5.16 Å². The highest BCUT2D eigenvalue weighted by atomic mass is 32.2. The smallest absolute Gasteiger partial charge is 0.209 e. The van der Waals surface area contributed by atoms with Crippen molar-refractivity contribution in [3.05, 3.63) is 35.7 Å². The SMILES string of the molecule is CCOc1ccc(C(C)=O)cc1CSc1nncn1N. The Morgan fingerprint density at radius 3 is 2.90 bits per heavy atom. The number of nitrogen functional groups attached to an aromatic ring is 1. The van der Waals surface area contributed by atoms with Gasteiger partial charge in [-0.05, 0) is 32.0 Å². The van der Waals surface area contributed by atoms with Crippen LogP contribution >= 0.6 is 11.8 Å². The number of ketones is 1. The number of rotatable bonds is 6. The molecule has 7 heteroatoms. The summed E-state index contributed by atoms with van der Waals surface area (Å²) in [6.45, 7) is 4.04. The normalized spacial score (nSPS) is 10.5. The van der Waals surface area contributed by atoms with Crippen molar-refractivity contribution in [2.45, 2.75) is 24.8 Å². The lowest BCUT2D eigenvalue weighted by molar-refractivity contribution is 0.101. The molecule has 0 saturated heterocycles. The van der Waals surface area contributed by atoms with Crippen molar-refractivity contribution in [2.24, 2.45) is 0 Å². The summed E-state index contributed by atoms with van der Waals surface area (Å²) in [5.74, 6) is 7.07. The molecule has 106 valence electrons. The van der Waals surface area contributed by atoms with Gasteiger partial charge < -0.3 is 10.6 Å². The molecule has 0 atom stereocenters. The van der Waals surface area contributed by atoms with Gasteiger partial charge in [0, 0.05) is 16.9 Å². The molecule has 0 aliphatic heterocycles. The van der Waals surface area contributed by atoms with E-state index in [4.69, 9.17) is 10.6 Å². The Morgan fingerprint density at radius 1 is 1.50 bits per heavy atom. The van der Waals surface area contributed by atoms with E-state index in [2.05, 4.69) is 10.2 Å². The molecule has 6 nitrogen and oxygen atoms in total. The zero-order valence-corrected chi connectivity index (χ0v) is 12.2. The third-order valence-corrected chi connectivity index (χ3v) is 3.67. The fraction of sp³-hybridized carbons (Fsp3) is 0.308. The van der Waals surface area contributed by atoms with Crippen LogP contribution < -0.4 is 10.6 Å². The lowest BCUT2D eigenvalue weighted by Gasteiger charge is -2.11. The van der Waals surface area contributed by atoms with E-state index in [1.807, 2.05) is 19.1 Å². The minimum atomic E-state index is 0.0290. The monoisotopic (exact) mass is 292 g/mol. The molecular weight excluding hydrogens is 276 g/mol. The van der Waals surface area contributed by atoms with E-state index < -0.39 is 0 Å². The number of aromatic nitrogens is 3. The number of thioether (sulfide) groups is 1. The largest absolute Gasteiger partial charge is 0.494 e. The quantitative estimate of drug-likeness (QED) is 0.497. The maximum Gasteiger partial charge on any atom is 0.209 e. The van der Waals surface area contributed by atoms with Crippen LogP contribution in [-0.4, -0.2) is 27.3 Å². The van der Waals surface area contributed by atoms with Crippen LogP contribution in [0, 0.1) is 0 Å².